The number of halogens is 1. The SMILES string of the molecule is CN(C)c1cccc(NS(=O)(=O)c2cc(N)ccc2F)c1. The standard InChI is InChI=1S/C14H16FN3O2S/c1-18(2)12-5-3-4-11(9-12)17-21(19,20)14-8-10(16)6-7-13(14)15/h3-9,17H,16H2,1-2H3. The Morgan fingerprint density at radius 2 is 1.86 bits per heavy atom. The Kier molecular flexibility index (Phi) is 4.04. The molecule has 0 bridgehead atoms. The van der Waals surface area contributed by atoms with Gasteiger partial charge in [-0.2, -0.15) is 0 Å². The largest absolute Gasteiger partial charge is 0.399 e. The molecule has 21 heavy (non-hydrogen) atoms. The Bertz CT molecular complexity index is 761. The Morgan fingerprint density at radius 1 is 1.14 bits per heavy atom. The number of anilines is 3. The third kappa shape index (κ3) is 3.43. The number of hydrogen-bond acceptors (Lipinski definition) is 4. The highest BCUT2D eigenvalue weighted by Gasteiger charge is 2.19. The highest BCUT2D eigenvalue weighted by atomic mass is 32.2. The van der Waals surface area contributed by atoms with Crippen LogP contribution in [0.1, 0.15) is 0 Å². The molecule has 3 N–H and O–H groups in total. The lowest BCUT2D eigenvalue weighted by Gasteiger charge is -2.15. The number of nitrogens with zero attached hydrogens (tertiary/aromatic N) is 1. The molecule has 7 heteroatoms. The first-order chi connectivity index (χ1) is 9.79. The second-order valence-electron chi connectivity index (χ2n) is 4.74. The van der Waals surface area contributed by atoms with Crippen LogP contribution in [0.2, 0.25) is 0 Å². The van der Waals surface area contributed by atoms with Gasteiger partial charge in [-0.1, -0.05) is 6.07 Å². The Balaban J connectivity index is 2.37. The van der Waals surface area contributed by atoms with E-state index >= 15 is 0 Å². The summed E-state index contributed by atoms with van der Waals surface area (Å²) >= 11 is 0. The summed E-state index contributed by atoms with van der Waals surface area (Å²) in [4.78, 5) is 1.36. The van der Waals surface area contributed by atoms with E-state index in [4.69, 9.17) is 5.73 Å². The van der Waals surface area contributed by atoms with E-state index in [9.17, 15) is 12.8 Å². The van der Waals surface area contributed by atoms with E-state index in [1.165, 1.54) is 6.07 Å². The van der Waals surface area contributed by atoms with Crippen molar-refractivity contribution in [1.82, 2.24) is 0 Å². The maximum Gasteiger partial charge on any atom is 0.264 e. The number of nitrogens with one attached hydrogen (secondary N) is 1. The van der Waals surface area contributed by atoms with Crippen molar-refractivity contribution in [2.75, 3.05) is 29.5 Å². The molecule has 0 amide bonds. The van der Waals surface area contributed by atoms with E-state index < -0.39 is 20.7 Å². The summed E-state index contributed by atoms with van der Waals surface area (Å²) in [5.41, 5.74) is 6.87. The molecule has 0 heterocycles. The van der Waals surface area contributed by atoms with Gasteiger partial charge in [0, 0.05) is 25.5 Å². The van der Waals surface area contributed by atoms with Crippen LogP contribution in [0.25, 0.3) is 0 Å². The van der Waals surface area contributed by atoms with Crippen molar-refractivity contribution < 1.29 is 12.8 Å². The minimum absolute atomic E-state index is 0.179. The fraction of sp³-hybridized carbons (Fsp3) is 0.143. The number of nitrogen functional groups attached to an aromatic ring is 1. The van der Waals surface area contributed by atoms with Gasteiger partial charge in [-0.15, -0.1) is 0 Å². The van der Waals surface area contributed by atoms with Crippen molar-refractivity contribution in [3.05, 3.63) is 48.3 Å². The van der Waals surface area contributed by atoms with Crippen molar-refractivity contribution >= 4 is 27.1 Å². The lowest BCUT2D eigenvalue weighted by atomic mass is 10.3. The van der Waals surface area contributed by atoms with Gasteiger partial charge < -0.3 is 10.6 Å². The third-order valence-electron chi connectivity index (χ3n) is 2.86. The number of hydrogen-bond donors (Lipinski definition) is 2. The summed E-state index contributed by atoms with van der Waals surface area (Å²) < 4.78 is 40.5. The summed E-state index contributed by atoms with van der Waals surface area (Å²) in [6.07, 6.45) is 0. The Morgan fingerprint density at radius 3 is 2.52 bits per heavy atom. The zero-order chi connectivity index (χ0) is 15.6. The van der Waals surface area contributed by atoms with Crippen LogP contribution in [0.15, 0.2) is 47.4 Å². The van der Waals surface area contributed by atoms with Crippen molar-refractivity contribution in [3.63, 3.8) is 0 Å². The Hall–Kier alpha value is -2.28. The van der Waals surface area contributed by atoms with Crippen LogP contribution >= 0.6 is 0 Å². The van der Waals surface area contributed by atoms with Crippen LogP contribution in [0, 0.1) is 5.82 Å². The molecule has 0 aromatic heterocycles. The van der Waals surface area contributed by atoms with Crippen molar-refractivity contribution in [3.8, 4) is 0 Å². The highest BCUT2D eigenvalue weighted by Crippen LogP contribution is 2.23. The molecule has 112 valence electrons. The lowest BCUT2D eigenvalue weighted by molar-refractivity contribution is 0.570. The minimum Gasteiger partial charge on any atom is -0.399 e. The van der Waals surface area contributed by atoms with Gasteiger partial charge in [-0.3, -0.25) is 4.72 Å². The third-order valence-corrected chi connectivity index (χ3v) is 4.26. The van der Waals surface area contributed by atoms with E-state index in [0.717, 1.165) is 17.8 Å². The van der Waals surface area contributed by atoms with Crippen LogP contribution in [0.5, 0.6) is 0 Å². The second-order valence-corrected chi connectivity index (χ2v) is 6.39. The fourth-order valence-corrected chi connectivity index (χ4v) is 2.95. The molecule has 2 rings (SSSR count). The molecular weight excluding hydrogens is 293 g/mol. The summed E-state index contributed by atoms with van der Waals surface area (Å²) in [6, 6.07) is 10.2. The molecule has 0 radical (unpaired) electrons. The van der Waals surface area contributed by atoms with Crippen LogP contribution in [0.4, 0.5) is 21.5 Å². The molecule has 0 fully saturated rings. The van der Waals surface area contributed by atoms with Gasteiger partial charge >= 0.3 is 0 Å². The molecule has 0 aliphatic carbocycles. The van der Waals surface area contributed by atoms with Gasteiger partial charge in [0.2, 0.25) is 0 Å². The number of nitrogens with two attached hydrogens (primary N) is 1. The minimum atomic E-state index is -4.03. The van der Waals surface area contributed by atoms with Crippen molar-refractivity contribution in [2.24, 2.45) is 0 Å². The first-order valence-corrected chi connectivity index (χ1v) is 7.63. The number of sulfonamides is 1. The highest BCUT2D eigenvalue weighted by molar-refractivity contribution is 7.92. The predicted octanol–water partition coefficient (Wildman–Crippen LogP) is 2.27. The molecule has 0 aliphatic rings. The van der Waals surface area contributed by atoms with Crippen molar-refractivity contribution in [1.29, 1.82) is 0 Å². The van der Waals surface area contributed by atoms with Gasteiger partial charge in [0.05, 0.1) is 5.69 Å². The van der Waals surface area contributed by atoms with Crippen LogP contribution in [-0.2, 0) is 10.0 Å². The quantitative estimate of drug-likeness (QED) is 0.850. The fourth-order valence-electron chi connectivity index (χ4n) is 1.78. The van der Waals surface area contributed by atoms with Gasteiger partial charge in [-0.05, 0) is 36.4 Å². The summed E-state index contributed by atoms with van der Waals surface area (Å²) in [5, 5.41) is 0. The van der Waals surface area contributed by atoms with Crippen LogP contribution in [0.3, 0.4) is 0 Å². The average molecular weight is 309 g/mol. The van der Waals surface area contributed by atoms with E-state index in [1.807, 2.05) is 25.1 Å². The Labute approximate surface area is 123 Å². The first-order valence-electron chi connectivity index (χ1n) is 6.15. The molecule has 2 aromatic rings. The monoisotopic (exact) mass is 309 g/mol. The van der Waals surface area contributed by atoms with Gasteiger partial charge in [-0.25, -0.2) is 12.8 Å². The predicted molar refractivity (Wildman–Crippen MR) is 82.4 cm³/mol. The lowest BCUT2D eigenvalue weighted by Crippen LogP contribution is -2.15. The molecule has 2 aromatic carbocycles. The summed E-state index contributed by atoms with van der Waals surface area (Å²) in [5.74, 6) is -0.847. The van der Waals surface area contributed by atoms with Gasteiger partial charge in [0.1, 0.15) is 10.7 Å². The van der Waals surface area contributed by atoms with E-state index in [-0.39, 0.29) is 5.69 Å². The average Bonchev–Trinajstić information content (AvgIpc) is 2.41. The van der Waals surface area contributed by atoms with E-state index in [2.05, 4.69) is 4.72 Å². The zero-order valence-electron chi connectivity index (χ0n) is 11.7. The zero-order valence-corrected chi connectivity index (χ0v) is 12.5. The molecule has 0 saturated carbocycles. The molecule has 0 spiro atoms. The molecule has 0 unspecified atom stereocenters. The molecule has 0 saturated heterocycles. The topological polar surface area (TPSA) is 75.4 Å². The maximum atomic E-state index is 13.7. The van der Waals surface area contributed by atoms with Crippen molar-refractivity contribution in [2.45, 2.75) is 4.90 Å². The van der Waals surface area contributed by atoms with Gasteiger partial charge in [0.25, 0.3) is 10.0 Å². The van der Waals surface area contributed by atoms with Crippen LogP contribution < -0.4 is 15.4 Å². The normalized spacial score (nSPS) is 11.2. The molecular formula is C14H16FN3O2S. The molecule has 0 atom stereocenters. The molecule has 0 aliphatic heterocycles. The van der Waals surface area contributed by atoms with E-state index in [1.54, 1.807) is 18.2 Å². The maximum absolute atomic E-state index is 13.7. The summed E-state index contributed by atoms with van der Waals surface area (Å²) in [6.45, 7) is 0. The number of benzene rings is 2. The van der Waals surface area contributed by atoms with E-state index in [0.29, 0.717) is 5.69 Å². The van der Waals surface area contributed by atoms with Crippen LogP contribution in [-0.4, -0.2) is 22.5 Å². The number of rotatable bonds is 4. The molecule has 5 nitrogen and oxygen atoms in total. The first kappa shape index (κ1) is 15.1. The smallest absolute Gasteiger partial charge is 0.264 e. The summed E-state index contributed by atoms with van der Waals surface area (Å²) in [7, 11) is -0.356. The second kappa shape index (κ2) is 5.61. The van der Waals surface area contributed by atoms with Gasteiger partial charge in [0.15, 0.2) is 0 Å².